The summed E-state index contributed by atoms with van der Waals surface area (Å²) in [5.74, 6) is -3.09. The molecule has 0 fully saturated rings. The monoisotopic (exact) mass is 378 g/mol. The maximum atomic E-state index is 11.9. The third-order valence-electron chi connectivity index (χ3n) is 4.87. The van der Waals surface area contributed by atoms with Crippen molar-refractivity contribution in [3.63, 3.8) is 0 Å². The number of aromatic hydroxyl groups is 1. The number of phenols is 1. The molecule has 0 saturated heterocycles. The first kappa shape index (κ1) is 17.5. The first-order valence-electron chi connectivity index (χ1n) is 8.40. The lowest BCUT2D eigenvalue weighted by molar-refractivity contribution is -0.110. The van der Waals surface area contributed by atoms with Crippen molar-refractivity contribution in [2.75, 3.05) is 0 Å². The number of rotatable bonds is 3. The number of carbonyl (C=O) groups is 3. The molecule has 0 amide bonds. The van der Waals surface area contributed by atoms with Crippen LogP contribution in [0.3, 0.4) is 0 Å². The molecule has 1 heterocycles. The summed E-state index contributed by atoms with van der Waals surface area (Å²) >= 11 is 0. The second-order valence-corrected chi connectivity index (χ2v) is 6.55. The van der Waals surface area contributed by atoms with E-state index >= 15 is 0 Å². The zero-order valence-corrected chi connectivity index (χ0v) is 14.3. The Morgan fingerprint density at radius 1 is 0.964 bits per heavy atom. The highest BCUT2D eigenvalue weighted by Crippen LogP contribution is 2.48. The van der Waals surface area contributed by atoms with Gasteiger partial charge in [0, 0.05) is 29.5 Å². The molecule has 2 aromatic carbocycles. The maximum absolute atomic E-state index is 11.9. The molecule has 140 valence electrons. The second-order valence-electron chi connectivity index (χ2n) is 6.55. The lowest BCUT2D eigenvalue weighted by Crippen LogP contribution is -2.27. The summed E-state index contributed by atoms with van der Waals surface area (Å²) in [6, 6.07) is 8.44. The van der Waals surface area contributed by atoms with Gasteiger partial charge in [-0.1, -0.05) is 18.2 Å². The molecule has 3 N–H and O–H groups in total. The molecule has 0 spiro atoms. The zero-order valence-electron chi connectivity index (χ0n) is 14.3. The molecule has 0 bridgehead atoms. The molecule has 0 aromatic heterocycles. The van der Waals surface area contributed by atoms with Crippen LogP contribution in [0.25, 0.3) is 0 Å². The van der Waals surface area contributed by atoms with Gasteiger partial charge in [-0.25, -0.2) is 9.59 Å². The van der Waals surface area contributed by atoms with Crippen molar-refractivity contribution in [3.05, 3.63) is 82.6 Å². The van der Waals surface area contributed by atoms with Crippen molar-refractivity contribution in [2.24, 2.45) is 5.92 Å². The molecule has 1 aliphatic heterocycles. The number of aromatic carboxylic acids is 2. The number of ether oxygens (including phenoxy) is 1. The topological polar surface area (TPSA) is 121 Å². The summed E-state index contributed by atoms with van der Waals surface area (Å²) in [7, 11) is 0. The van der Waals surface area contributed by atoms with Gasteiger partial charge in [-0.15, -0.1) is 0 Å². The minimum absolute atomic E-state index is 0.0334. The minimum Gasteiger partial charge on any atom is -0.508 e. The van der Waals surface area contributed by atoms with E-state index in [1.807, 2.05) is 0 Å². The molecule has 7 nitrogen and oxygen atoms in total. The van der Waals surface area contributed by atoms with Crippen LogP contribution in [0.5, 0.6) is 11.5 Å². The zero-order chi connectivity index (χ0) is 20.0. The Morgan fingerprint density at radius 3 is 2.43 bits per heavy atom. The number of hydrogen-bond acceptors (Lipinski definition) is 5. The van der Waals surface area contributed by atoms with Crippen molar-refractivity contribution in [2.45, 2.75) is 5.92 Å². The molecule has 2 atom stereocenters. The SMILES string of the molecule is O=C1C=CC2C(=C1)Oc1cc(O)ccc1C2c1ccc(C(=O)O)cc1C(=O)O. The summed E-state index contributed by atoms with van der Waals surface area (Å²) in [4.78, 5) is 34.9. The van der Waals surface area contributed by atoms with Crippen LogP contribution in [0.4, 0.5) is 0 Å². The number of ketones is 1. The summed E-state index contributed by atoms with van der Waals surface area (Å²) < 4.78 is 5.79. The highest BCUT2D eigenvalue weighted by molar-refractivity contribution is 6.01. The largest absolute Gasteiger partial charge is 0.508 e. The maximum Gasteiger partial charge on any atom is 0.336 e. The van der Waals surface area contributed by atoms with Crippen LogP contribution in [-0.4, -0.2) is 33.0 Å². The standard InChI is InChI=1S/C21H14O7/c22-11-2-5-14-17(8-11)28-18-9-12(23)3-6-15(18)19(14)13-4-1-10(20(24)25)7-16(13)21(26)27/h1-9,14,19,23H,(H,24,25)(H,26,27). The molecule has 1 aliphatic carbocycles. The molecular formula is C21H14O7. The van der Waals surface area contributed by atoms with Crippen molar-refractivity contribution in [3.8, 4) is 11.5 Å². The fourth-order valence-electron chi connectivity index (χ4n) is 3.65. The lowest BCUT2D eigenvalue weighted by atomic mass is 9.74. The fourth-order valence-corrected chi connectivity index (χ4v) is 3.65. The van der Waals surface area contributed by atoms with Gasteiger partial charge in [-0.05, 0) is 29.8 Å². The average molecular weight is 378 g/mol. The molecule has 2 unspecified atom stereocenters. The van der Waals surface area contributed by atoms with E-state index in [4.69, 9.17) is 4.74 Å². The van der Waals surface area contributed by atoms with Crippen LogP contribution in [-0.2, 0) is 4.79 Å². The Hall–Kier alpha value is -3.87. The number of carbonyl (C=O) groups excluding carboxylic acids is 1. The Labute approximate surface area is 158 Å². The van der Waals surface area contributed by atoms with Gasteiger partial charge in [0.1, 0.15) is 17.3 Å². The Bertz CT molecular complexity index is 1090. The fraction of sp³-hybridized carbons (Fsp3) is 0.0952. The van der Waals surface area contributed by atoms with Gasteiger partial charge >= 0.3 is 11.9 Å². The quantitative estimate of drug-likeness (QED) is 0.751. The van der Waals surface area contributed by atoms with E-state index in [1.165, 1.54) is 36.4 Å². The highest BCUT2D eigenvalue weighted by atomic mass is 16.5. The normalized spacial score (nSPS) is 19.9. The Kier molecular flexibility index (Phi) is 4.00. The summed E-state index contributed by atoms with van der Waals surface area (Å²) in [6.07, 6.45) is 4.37. The predicted molar refractivity (Wildman–Crippen MR) is 96.7 cm³/mol. The summed E-state index contributed by atoms with van der Waals surface area (Å²) in [6.45, 7) is 0. The Balaban J connectivity index is 1.96. The van der Waals surface area contributed by atoms with E-state index in [2.05, 4.69) is 0 Å². The van der Waals surface area contributed by atoms with E-state index < -0.39 is 23.8 Å². The van der Waals surface area contributed by atoms with E-state index in [0.717, 1.165) is 6.07 Å². The highest BCUT2D eigenvalue weighted by Gasteiger charge is 2.38. The van der Waals surface area contributed by atoms with Crippen molar-refractivity contribution >= 4 is 17.7 Å². The molecular weight excluding hydrogens is 364 g/mol. The lowest BCUT2D eigenvalue weighted by Gasteiger charge is -2.35. The number of benzene rings is 2. The summed E-state index contributed by atoms with van der Waals surface area (Å²) in [5.41, 5.74) is 0.743. The molecule has 28 heavy (non-hydrogen) atoms. The third kappa shape index (κ3) is 2.83. The van der Waals surface area contributed by atoms with Crippen molar-refractivity contribution < 1.29 is 34.4 Å². The summed E-state index contributed by atoms with van der Waals surface area (Å²) in [5, 5.41) is 28.7. The number of carboxylic acid groups (broad SMARTS) is 2. The minimum atomic E-state index is -1.26. The van der Waals surface area contributed by atoms with Crippen LogP contribution >= 0.6 is 0 Å². The van der Waals surface area contributed by atoms with Crippen molar-refractivity contribution in [1.29, 1.82) is 0 Å². The van der Waals surface area contributed by atoms with Crippen LogP contribution in [0.15, 0.2) is 60.4 Å². The predicted octanol–water partition coefficient (Wildman–Crippen LogP) is 2.95. The average Bonchev–Trinajstić information content (AvgIpc) is 2.65. The molecule has 2 aromatic rings. The second kappa shape index (κ2) is 6.38. The number of allylic oxidation sites excluding steroid dienone is 3. The van der Waals surface area contributed by atoms with E-state index in [0.29, 0.717) is 22.6 Å². The van der Waals surface area contributed by atoms with E-state index in [-0.39, 0.29) is 22.7 Å². The van der Waals surface area contributed by atoms with E-state index in [9.17, 15) is 29.7 Å². The number of phenolic OH excluding ortho intramolecular Hbond substituents is 1. The van der Waals surface area contributed by atoms with Crippen LogP contribution in [0, 0.1) is 5.92 Å². The third-order valence-corrected chi connectivity index (χ3v) is 4.87. The van der Waals surface area contributed by atoms with Crippen molar-refractivity contribution in [1.82, 2.24) is 0 Å². The van der Waals surface area contributed by atoms with Gasteiger partial charge in [0.2, 0.25) is 0 Å². The molecule has 0 radical (unpaired) electrons. The number of fused-ring (bicyclic) bond motifs is 2. The van der Waals surface area contributed by atoms with Gasteiger partial charge in [0.25, 0.3) is 0 Å². The molecule has 2 aliphatic rings. The molecule has 4 rings (SSSR count). The van der Waals surface area contributed by atoms with Crippen LogP contribution in [0.2, 0.25) is 0 Å². The van der Waals surface area contributed by atoms with Crippen LogP contribution < -0.4 is 4.74 Å². The number of carboxylic acids is 2. The molecule has 0 saturated carbocycles. The Morgan fingerprint density at radius 2 is 1.71 bits per heavy atom. The van der Waals surface area contributed by atoms with E-state index in [1.54, 1.807) is 12.1 Å². The van der Waals surface area contributed by atoms with Crippen LogP contribution in [0.1, 0.15) is 37.8 Å². The first-order valence-corrected chi connectivity index (χ1v) is 8.40. The van der Waals surface area contributed by atoms with Gasteiger partial charge in [0.15, 0.2) is 5.78 Å². The molecule has 7 heteroatoms. The van der Waals surface area contributed by atoms with Gasteiger partial charge in [0.05, 0.1) is 11.1 Å². The van der Waals surface area contributed by atoms with Gasteiger partial charge < -0.3 is 20.1 Å². The van der Waals surface area contributed by atoms with Gasteiger partial charge in [-0.2, -0.15) is 0 Å². The number of hydrogen-bond donors (Lipinski definition) is 3. The smallest absolute Gasteiger partial charge is 0.336 e. The van der Waals surface area contributed by atoms with Gasteiger partial charge in [-0.3, -0.25) is 4.79 Å². The first-order chi connectivity index (χ1) is 13.3.